The lowest BCUT2D eigenvalue weighted by Gasteiger charge is -2.18. The van der Waals surface area contributed by atoms with Gasteiger partial charge in [0.1, 0.15) is 5.75 Å². The molecular formula is C17H25NO. The number of nitrogens with one attached hydrogen (secondary N) is 1. The zero-order chi connectivity index (χ0) is 13.3. The average molecular weight is 259 g/mol. The van der Waals surface area contributed by atoms with Gasteiger partial charge in [0.15, 0.2) is 0 Å². The number of benzene rings is 1. The molecular weight excluding hydrogens is 234 g/mol. The van der Waals surface area contributed by atoms with Crippen LogP contribution in [-0.2, 0) is 6.54 Å². The highest BCUT2D eigenvalue weighted by Gasteiger charge is 2.08. The highest BCUT2D eigenvalue weighted by molar-refractivity contribution is 5.28. The molecule has 0 spiro atoms. The Kier molecular flexibility index (Phi) is 5.96. The van der Waals surface area contributed by atoms with E-state index in [-0.39, 0.29) is 0 Å². The summed E-state index contributed by atoms with van der Waals surface area (Å²) in [5.74, 6) is 1.80. The highest BCUT2D eigenvalue weighted by atomic mass is 16.5. The second-order valence-electron chi connectivity index (χ2n) is 5.28. The minimum Gasteiger partial charge on any atom is -0.494 e. The third kappa shape index (κ3) is 5.07. The van der Waals surface area contributed by atoms with Crippen molar-refractivity contribution in [2.75, 3.05) is 13.2 Å². The molecule has 1 aliphatic rings. The fourth-order valence-electron chi connectivity index (χ4n) is 2.43. The Labute approximate surface area is 116 Å². The molecule has 1 aliphatic carbocycles. The van der Waals surface area contributed by atoms with E-state index in [4.69, 9.17) is 4.74 Å². The maximum Gasteiger partial charge on any atom is 0.119 e. The number of allylic oxidation sites excluding steroid dienone is 2. The molecule has 2 rings (SSSR count). The fourth-order valence-corrected chi connectivity index (χ4v) is 2.43. The lowest BCUT2D eigenvalue weighted by Crippen LogP contribution is -2.23. The SMILES string of the molecule is CCCOc1cccc(CNCC2CC=CCC2)c1. The van der Waals surface area contributed by atoms with E-state index >= 15 is 0 Å². The van der Waals surface area contributed by atoms with Gasteiger partial charge in [-0.1, -0.05) is 31.2 Å². The Hall–Kier alpha value is -1.28. The molecule has 0 saturated carbocycles. The van der Waals surface area contributed by atoms with E-state index in [1.165, 1.54) is 24.8 Å². The van der Waals surface area contributed by atoms with Crippen molar-refractivity contribution in [1.82, 2.24) is 5.32 Å². The molecule has 0 amide bonds. The molecule has 1 aromatic rings. The average Bonchev–Trinajstić information content (AvgIpc) is 2.47. The van der Waals surface area contributed by atoms with Crippen LogP contribution in [0.25, 0.3) is 0 Å². The second kappa shape index (κ2) is 8.00. The maximum atomic E-state index is 5.66. The summed E-state index contributed by atoms with van der Waals surface area (Å²) in [7, 11) is 0. The maximum absolute atomic E-state index is 5.66. The molecule has 0 saturated heterocycles. The summed E-state index contributed by atoms with van der Waals surface area (Å²) in [6.45, 7) is 4.98. The van der Waals surface area contributed by atoms with Crippen molar-refractivity contribution in [3.8, 4) is 5.75 Å². The van der Waals surface area contributed by atoms with Crippen molar-refractivity contribution in [2.24, 2.45) is 5.92 Å². The summed E-state index contributed by atoms with van der Waals surface area (Å²) in [5, 5.41) is 3.57. The smallest absolute Gasteiger partial charge is 0.119 e. The number of hydrogen-bond acceptors (Lipinski definition) is 2. The molecule has 0 heterocycles. The molecule has 2 heteroatoms. The molecule has 104 valence electrons. The molecule has 0 radical (unpaired) electrons. The van der Waals surface area contributed by atoms with Crippen molar-refractivity contribution < 1.29 is 4.74 Å². The topological polar surface area (TPSA) is 21.3 Å². The monoisotopic (exact) mass is 259 g/mol. The van der Waals surface area contributed by atoms with Crippen LogP contribution in [0, 0.1) is 5.92 Å². The summed E-state index contributed by atoms with van der Waals surface area (Å²) in [5.41, 5.74) is 1.31. The zero-order valence-corrected chi connectivity index (χ0v) is 11.9. The standard InChI is InChI=1S/C17H25NO/c1-2-11-19-17-10-6-9-16(12-17)14-18-13-15-7-4-3-5-8-15/h3-4,6,9-10,12,15,18H,2,5,7-8,11,13-14H2,1H3. The van der Waals surface area contributed by atoms with E-state index in [9.17, 15) is 0 Å². The van der Waals surface area contributed by atoms with Gasteiger partial charge in [-0.15, -0.1) is 0 Å². The Bertz CT molecular complexity index is 400. The lowest BCUT2D eigenvalue weighted by molar-refractivity contribution is 0.317. The third-order valence-corrected chi connectivity index (χ3v) is 3.51. The van der Waals surface area contributed by atoms with Crippen LogP contribution in [0.5, 0.6) is 5.75 Å². The molecule has 1 atom stereocenters. The highest BCUT2D eigenvalue weighted by Crippen LogP contribution is 2.17. The van der Waals surface area contributed by atoms with Gasteiger partial charge in [0.25, 0.3) is 0 Å². The summed E-state index contributed by atoms with van der Waals surface area (Å²) < 4.78 is 5.66. The Morgan fingerprint density at radius 3 is 3.05 bits per heavy atom. The quantitative estimate of drug-likeness (QED) is 0.749. The number of rotatable bonds is 7. The van der Waals surface area contributed by atoms with Gasteiger partial charge in [-0.2, -0.15) is 0 Å². The van der Waals surface area contributed by atoms with E-state index in [1.807, 2.05) is 6.07 Å². The van der Waals surface area contributed by atoms with Gasteiger partial charge in [0.2, 0.25) is 0 Å². The van der Waals surface area contributed by atoms with Gasteiger partial charge >= 0.3 is 0 Å². The van der Waals surface area contributed by atoms with Crippen LogP contribution in [0.3, 0.4) is 0 Å². The van der Waals surface area contributed by atoms with Crippen LogP contribution in [-0.4, -0.2) is 13.2 Å². The van der Waals surface area contributed by atoms with Crippen LogP contribution >= 0.6 is 0 Å². The van der Waals surface area contributed by atoms with E-state index in [2.05, 4.69) is 42.6 Å². The number of hydrogen-bond donors (Lipinski definition) is 1. The zero-order valence-electron chi connectivity index (χ0n) is 11.9. The molecule has 2 nitrogen and oxygen atoms in total. The van der Waals surface area contributed by atoms with E-state index < -0.39 is 0 Å². The van der Waals surface area contributed by atoms with Crippen molar-refractivity contribution in [3.05, 3.63) is 42.0 Å². The van der Waals surface area contributed by atoms with Gasteiger partial charge in [0.05, 0.1) is 6.61 Å². The summed E-state index contributed by atoms with van der Waals surface area (Å²) in [4.78, 5) is 0. The molecule has 0 aromatic heterocycles. The minimum atomic E-state index is 0.797. The third-order valence-electron chi connectivity index (χ3n) is 3.51. The van der Waals surface area contributed by atoms with Crippen LogP contribution in [0.4, 0.5) is 0 Å². The molecule has 1 unspecified atom stereocenters. The van der Waals surface area contributed by atoms with Crippen molar-refractivity contribution in [2.45, 2.75) is 39.2 Å². The van der Waals surface area contributed by atoms with Gasteiger partial charge in [-0.05, 0) is 55.8 Å². The van der Waals surface area contributed by atoms with Crippen LogP contribution in [0.15, 0.2) is 36.4 Å². The molecule has 0 bridgehead atoms. The normalized spacial score (nSPS) is 18.5. The largest absolute Gasteiger partial charge is 0.494 e. The van der Waals surface area contributed by atoms with Gasteiger partial charge in [-0.3, -0.25) is 0 Å². The minimum absolute atomic E-state index is 0.797. The number of ether oxygens (including phenoxy) is 1. The van der Waals surface area contributed by atoms with E-state index in [1.54, 1.807) is 0 Å². The van der Waals surface area contributed by atoms with E-state index in [0.29, 0.717) is 0 Å². The Morgan fingerprint density at radius 2 is 2.26 bits per heavy atom. The summed E-state index contributed by atoms with van der Waals surface area (Å²) >= 11 is 0. The van der Waals surface area contributed by atoms with Crippen LogP contribution in [0.2, 0.25) is 0 Å². The summed E-state index contributed by atoms with van der Waals surface area (Å²) in [6, 6.07) is 8.41. The first-order valence-corrected chi connectivity index (χ1v) is 7.46. The first-order valence-electron chi connectivity index (χ1n) is 7.46. The first kappa shape index (κ1) is 14.1. The second-order valence-corrected chi connectivity index (χ2v) is 5.28. The molecule has 19 heavy (non-hydrogen) atoms. The fraction of sp³-hybridized carbons (Fsp3) is 0.529. The first-order chi connectivity index (χ1) is 9.38. The van der Waals surface area contributed by atoms with Gasteiger partial charge < -0.3 is 10.1 Å². The predicted molar refractivity (Wildman–Crippen MR) is 80.4 cm³/mol. The van der Waals surface area contributed by atoms with Crippen molar-refractivity contribution in [1.29, 1.82) is 0 Å². The van der Waals surface area contributed by atoms with Gasteiger partial charge in [0, 0.05) is 6.54 Å². The Balaban J connectivity index is 1.74. The Morgan fingerprint density at radius 1 is 1.32 bits per heavy atom. The molecule has 0 fully saturated rings. The van der Waals surface area contributed by atoms with Crippen LogP contribution in [0.1, 0.15) is 38.2 Å². The molecule has 1 N–H and O–H groups in total. The predicted octanol–water partition coefficient (Wildman–Crippen LogP) is 3.92. The molecule has 1 aromatic carbocycles. The van der Waals surface area contributed by atoms with Gasteiger partial charge in [-0.25, -0.2) is 0 Å². The lowest BCUT2D eigenvalue weighted by atomic mass is 9.94. The van der Waals surface area contributed by atoms with Crippen LogP contribution < -0.4 is 10.1 Å². The van der Waals surface area contributed by atoms with Crippen molar-refractivity contribution >= 4 is 0 Å². The molecule has 0 aliphatic heterocycles. The van der Waals surface area contributed by atoms with E-state index in [0.717, 1.165) is 37.8 Å². The summed E-state index contributed by atoms with van der Waals surface area (Å²) in [6.07, 6.45) is 9.46. The van der Waals surface area contributed by atoms with Crippen molar-refractivity contribution in [3.63, 3.8) is 0 Å².